The van der Waals surface area contributed by atoms with Gasteiger partial charge in [0.05, 0.1) is 12.7 Å². The van der Waals surface area contributed by atoms with Crippen LogP contribution in [0.5, 0.6) is 12.0 Å². The smallest absolute Gasteiger partial charge is 0.324 e. The lowest BCUT2D eigenvalue weighted by atomic mass is 10.1. The highest BCUT2D eigenvalue weighted by Gasteiger charge is 2.08. The first-order valence-electron chi connectivity index (χ1n) is 7.33. The van der Waals surface area contributed by atoms with Crippen LogP contribution in [0, 0.1) is 0 Å². The molecule has 1 rings (SSSR count). The zero-order valence-corrected chi connectivity index (χ0v) is 13.3. The number of nitrogens with zero attached hydrogens (tertiary/aromatic N) is 3. The highest BCUT2D eigenvalue weighted by Crippen LogP contribution is 2.14. The molecule has 0 unspecified atom stereocenters. The van der Waals surface area contributed by atoms with E-state index in [9.17, 15) is 0 Å². The highest BCUT2D eigenvalue weighted by molar-refractivity contribution is 6.28. The molecular weight excluding hydrogens is 278 g/mol. The van der Waals surface area contributed by atoms with Gasteiger partial charge in [-0.25, -0.2) is 0 Å². The Labute approximate surface area is 126 Å². The van der Waals surface area contributed by atoms with Crippen molar-refractivity contribution in [1.82, 2.24) is 15.0 Å². The second-order valence-corrected chi connectivity index (χ2v) is 5.29. The van der Waals surface area contributed by atoms with E-state index in [0.717, 1.165) is 12.8 Å². The summed E-state index contributed by atoms with van der Waals surface area (Å²) in [6, 6.07) is 0.437. The molecule has 1 heterocycles. The summed E-state index contributed by atoms with van der Waals surface area (Å²) in [5.74, 6) is 0. The van der Waals surface area contributed by atoms with Crippen LogP contribution in [0.2, 0.25) is 5.28 Å². The Balaban J connectivity index is 2.30. The van der Waals surface area contributed by atoms with Crippen LogP contribution in [0.25, 0.3) is 0 Å². The second-order valence-electron chi connectivity index (χ2n) is 4.95. The fourth-order valence-corrected chi connectivity index (χ4v) is 1.83. The van der Waals surface area contributed by atoms with Crippen molar-refractivity contribution >= 4 is 11.6 Å². The molecule has 0 aliphatic heterocycles. The highest BCUT2D eigenvalue weighted by atomic mass is 35.5. The summed E-state index contributed by atoms with van der Waals surface area (Å²) < 4.78 is 10.9. The van der Waals surface area contributed by atoms with Crippen LogP contribution < -0.4 is 9.47 Å². The van der Waals surface area contributed by atoms with Gasteiger partial charge in [0.15, 0.2) is 0 Å². The number of aromatic nitrogens is 3. The van der Waals surface area contributed by atoms with Crippen molar-refractivity contribution in [3.05, 3.63) is 5.28 Å². The molecule has 0 saturated heterocycles. The number of hydrogen-bond acceptors (Lipinski definition) is 5. The van der Waals surface area contributed by atoms with Crippen LogP contribution in [0.15, 0.2) is 0 Å². The van der Waals surface area contributed by atoms with Crippen LogP contribution in [-0.4, -0.2) is 27.7 Å². The number of rotatable bonds is 10. The van der Waals surface area contributed by atoms with E-state index in [1.54, 1.807) is 0 Å². The van der Waals surface area contributed by atoms with E-state index >= 15 is 0 Å². The molecule has 0 radical (unpaired) electrons. The van der Waals surface area contributed by atoms with E-state index in [4.69, 9.17) is 21.1 Å². The molecule has 6 heteroatoms. The van der Waals surface area contributed by atoms with Gasteiger partial charge in [0.1, 0.15) is 0 Å². The monoisotopic (exact) mass is 301 g/mol. The first-order chi connectivity index (χ1) is 9.61. The second kappa shape index (κ2) is 9.75. The number of ether oxygens (including phenoxy) is 2. The fourth-order valence-electron chi connectivity index (χ4n) is 1.69. The Morgan fingerprint density at radius 3 is 2.30 bits per heavy atom. The van der Waals surface area contributed by atoms with Crippen LogP contribution in [0.3, 0.4) is 0 Å². The molecule has 1 aromatic rings. The number of hydrogen-bond donors (Lipinski definition) is 0. The van der Waals surface area contributed by atoms with Gasteiger partial charge in [-0.1, -0.05) is 39.0 Å². The van der Waals surface area contributed by atoms with E-state index < -0.39 is 0 Å². The van der Waals surface area contributed by atoms with Crippen molar-refractivity contribution in [2.24, 2.45) is 0 Å². The van der Waals surface area contributed by atoms with Crippen LogP contribution in [0.4, 0.5) is 0 Å². The van der Waals surface area contributed by atoms with Crippen molar-refractivity contribution in [2.45, 2.75) is 65.4 Å². The molecule has 5 nitrogen and oxygen atoms in total. The van der Waals surface area contributed by atoms with Gasteiger partial charge >= 0.3 is 12.0 Å². The third-order valence-corrected chi connectivity index (χ3v) is 2.81. The van der Waals surface area contributed by atoms with Crippen LogP contribution in [-0.2, 0) is 0 Å². The van der Waals surface area contributed by atoms with E-state index in [-0.39, 0.29) is 23.4 Å². The third kappa shape index (κ3) is 7.48. The molecule has 0 amide bonds. The SMILES string of the molecule is CCCCCCCCOc1nc(Cl)nc(OC(C)C)n1. The van der Waals surface area contributed by atoms with E-state index in [1.165, 1.54) is 25.7 Å². The van der Waals surface area contributed by atoms with Crippen molar-refractivity contribution in [2.75, 3.05) is 6.61 Å². The molecule has 0 fully saturated rings. The zero-order valence-electron chi connectivity index (χ0n) is 12.6. The fraction of sp³-hybridized carbons (Fsp3) is 0.786. The Kier molecular flexibility index (Phi) is 8.26. The maximum atomic E-state index is 5.81. The first-order valence-corrected chi connectivity index (χ1v) is 7.70. The molecule has 0 atom stereocenters. The summed E-state index contributed by atoms with van der Waals surface area (Å²) in [5, 5.41) is 0.0913. The van der Waals surface area contributed by atoms with Gasteiger partial charge in [-0.2, -0.15) is 9.97 Å². The van der Waals surface area contributed by atoms with Gasteiger partial charge in [0, 0.05) is 0 Å². The maximum absolute atomic E-state index is 5.81. The Bertz CT molecular complexity index is 389. The molecule has 20 heavy (non-hydrogen) atoms. The van der Waals surface area contributed by atoms with Gasteiger partial charge in [0.25, 0.3) is 0 Å². The molecule has 0 saturated carbocycles. The van der Waals surface area contributed by atoms with Crippen molar-refractivity contribution in [3.63, 3.8) is 0 Å². The van der Waals surface area contributed by atoms with E-state index in [0.29, 0.717) is 6.61 Å². The average molecular weight is 302 g/mol. The lowest BCUT2D eigenvalue weighted by Crippen LogP contribution is -2.10. The summed E-state index contributed by atoms with van der Waals surface area (Å²) in [6.45, 7) is 6.60. The van der Waals surface area contributed by atoms with Crippen LogP contribution >= 0.6 is 11.6 Å². The quantitative estimate of drug-likeness (QED) is 0.610. The van der Waals surface area contributed by atoms with Crippen molar-refractivity contribution < 1.29 is 9.47 Å². The molecular formula is C14H24ClN3O2. The van der Waals surface area contributed by atoms with Gasteiger partial charge in [-0.15, -0.1) is 4.98 Å². The molecule has 0 aliphatic carbocycles. The minimum Gasteiger partial charge on any atom is -0.463 e. The normalized spacial score (nSPS) is 10.8. The lowest BCUT2D eigenvalue weighted by molar-refractivity contribution is 0.212. The topological polar surface area (TPSA) is 57.1 Å². The largest absolute Gasteiger partial charge is 0.463 e. The first kappa shape index (κ1) is 17.0. The Morgan fingerprint density at radius 1 is 0.950 bits per heavy atom. The minimum atomic E-state index is -0.0140. The average Bonchev–Trinajstić information content (AvgIpc) is 2.36. The number of unbranched alkanes of at least 4 members (excludes halogenated alkanes) is 5. The van der Waals surface area contributed by atoms with Gasteiger partial charge in [-0.05, 0) is 31.9 Å². The summed E-state index contributed by atoms with van der Waals surface area (Å²) in [7, 11) is 0. The van der Waals surface area contributed by atoms with Gasteiger partial charge in [0.2, 0.25) is 5.28 Å². The van der Waals surface area contributed by atoms with E-state index in [2.05, 4.69) is 21.9 Å². The number of halogens is 1. The Morgan fingerprint density at radius 2 is 1.60 bits per heavy atom. The maximum Gasteiger partial charge on any atom is 0.324 e. The van der Waals surface area contributed by atoms with Crippen molar-refractivity contribution in [1.29, 1.82) is 0 Å². The van der Waals surface area contributed by atoms with Gasteiger partial charge < -0.3 is 9.47 Å². The predicted molar refractivity (Wildman–Crippen MR) is 79.5 cm³/mol. The molecule has 114 valence electrons. The lowest BCUT2D eigenvalue weighted by Gasteiger charge is -2.09. The zero-order chi connectivity index (χ0) is 14.8. The standard InChI is InChI=1S/C14H24ClN3O2/c1-4-5-6-7-8-9-10-19-13-16-12(15)17-14(18-13)20-11(2)3/h11H,4-10H2,1-3H3. The predicted octanol–water partition coefficient (Wildman–Crippen LogP) is 4.05. The minimum absolute atomic E-state index is 0.0140. The molecule has 0 aromatic carbocycles. The third-order valence-electron chi connectivity index (χ3n) is 2.64. The van der Waals surface area contributed by atoms with Gasteiger partial charge in [-0.3, -0.25) is 0 Å². The molecule has 0 bridgehead atoms. The molecule has 0 N–H and O–H groups in total. The summed E-state index contributed by atoms with van der Waals surface area (Å²) in [5.41, 5.74) is 0. The molecule has 1 aromatic heterocycles. The molecule has 0 spiro atoms. The van der Waals surface area contributed by atoms with Crippen LogP contribution in [0.1, 0.15) is 59.3 Å². The molecule has 0 aliphatic rings. The Hall–Kier alpha value is -1.10. The summed E-state index contributed by atoms with van der Waals surface area (Å²) in [6.07, 6.45) is 7.25. The summed E-state index contributed by atoms with van der Waals surface area (Å²) >= 11 is 5.81. The summed E-state index contributed by atoms with van der Waals surface area (Å²) in [4.78, 5) is 11.9. The van der Waals surface area contributed by atoms with Crippen molar-refractivity contribution in [3.8, 4) is 12.0 Å². The van der Waals surface area contributed by atoms with E-state index in [1.807, 2.05) is 13.8 Å².